The van der Waals surface area contributed by atoms with Crippen LogP contribution in [0.3, 0.4) is 0 Å². The minimum atomic E-state index is 0.599. The summed E-state index contributed by atoms with van der Waals surface area (Å²) >= 11 is 5.99. The van der Waals surface area contributed by atoms with Crippen LogP contribution in [-0.4, -0.2) is 7.11 Å². The summed E-state index contributed by atoms with van der Waals surface area (Å²) in [5, 5.41) is 0.599. The van der Waals surface area contributed by atoms with Crippen molar-refractivity contribution >= 4 is 17.3 Å². The van der Waals surface area contributed by atoms with Crippen LogP contribution in [0.25, 0.3) is 11.1 Å². The summed E-state index contributed by atoms with van der Waals surface area (Å²) in [6.07, 6.45) is 0. The van der Waals surface area contributed by atoms with E-state index in [1.165, 1.54) is 0 Å². The van der Waals surface area contributed by atoms with Crippen LogP contribution in [0.2, 0.25) is 5.02 Å². The van der Waals surface area contributed by atoms with Gasteiger partial charge in [-0.3, -0.25) is 0 Å². The molecule has 0 heterocycles. The van der Waals surface area contributed by atoms with E-state index in [1.54, 1.807) is 7.11 Å². The van der Waals surface area contributed by atoms with Crippen LogP contribution in [0.1, 0.15) is 5.56 Å². The summed E-state index contributed by atoms with van der Waals surface area (Å²) in [7, 11) is 1.60. The molecular formula is C14H14ClNO. The molecule has 0 aliphatic carbocycles. The lowest BCUT2D eigenvalue weighted by Crippen LogP contribution is -1.92. The van der Waals surface area contributed by atoms with Gasteiger partial charge >= 0.3 is 0 Å². The normalized spacial score (nSPS) is 10.3. The predicted octanol–water partition coefficient (Wildman–Crippen LogP) is 3.91. The molecule has 0 amide bonds. The lowest BCUT2D eigenvalue weighted by Gasteiger charge is -2.09. The Labute approximate surface area is 106 Å². The molecule has 0 aromatic heterocycles. The first-order chi connectivity index (χ1) is 8.11. The van der Waals surface area contributed by atoms with Gasteiger partial charge < -0.3 is 10.5 Å². The molecule has 3 heteroatoms. The van der Waals surface area contributed by atoms with E-state index in [0.717, 1.165) is 22.4 Å². The second kappa shape index (κ2) is 4.68. The monoisotopic (exact) mass is 247 g/mol. The van der Waals surface area contributed by atoms with Crippen LogP contribution < -0.4 is 10.5 Å². The molecule has 0 atom stereocenters. The Morgan fingerprint density at radius 1 is 1.12 bits per heavy atom. The number of halogens is 1. The SMILES string of the molecule is COc1cc(-c2ccc(C)cc2N)ccc1Cl. The molecule has 0 aliphatic rings. The third kappa shape index (κ3) is 2.37. The fourth-order valence-electron chi connectivity index (χ4n) is 1.77. The van der Waals surface area contributed by atoms with Crippen LogP contribution in [0, 0.1) is 6.92 Å². The third-order valence-electron chi connectivity index (χ3n) is 2.67. The van der Waals surface area contributed by atoms with Gasteiger partial charge in [-0.2, -0.15) is 0 Å². The van der Waals surface area contributed by atoms with E-state index in [0.29, 0.717) is 10.8 Å². The van der Waals surface area contributed by atoms with Gasteiger partial charge in [0.1, 0.15) is 5.75 Å². The van der Waals surface area contributed by atoms with Crippen LogP contribution in [0.4, 0.5) is 5.69 Å². The van der Waals surface area contributed by atoms with E-state index in [-0.39, 0.29) is 0 Å². The minimum absolute atomic E-state index is 0.599. The number of nitrogens with two attached hydrogens (primary N) is 1. The molecule has 0 saturated carbocycles. The molecule has 2 aromatic rings. The van der Waals surface area contributed by atoms with Gasteiger partial charge in [0.15, 0.2) is 0 Å². The summed E-state index contributed by atoms with van der Waals surface area (Å²) in [6.45, 7) is 2.02. The summed E-state index contributed by atoms with van der Waals surface area (Å²) in [5.41, 5.74) is 9.91. The standard InChI is InChI=1S/C14H14ClNO/c1-9-3-5-11(13(16)7-9)10-4-6-12(15)14(8-10)17-2/h3-8H,16H2,1-2H3. The number of hydrogen-bond acceptors (Lipinski definition) is 2. The Morgan fingerprint density at radius 2 is 1.88 bits per heavy atom. The van der Waals surface area contributed by atoms with E-state index < -0.39 is 0 Å². The number of rotatable bonds is 2. The van der Waals surface area contributed by atoms with E-state index >= 15 is 0 Å². The topological polar surface area (TPSA) is 35.2 Å². The Morgan fingerprint density at radius 3 is 2.53 bits per heavy atom. The fourth-order valence-corrected chi connectivity index (χ4v) is 1.97. The minimum Gasteiger partial charge on any atom is -0.495 e. The first-order valence-corrected chi connectivity index (χ1v) is 5.69. The second-order valence-electron chi connectivity index (χ2n) is 3.94. The fraction of sp³-hybridized carbons (Fsp3) is 0.143. The molecule has 0 radical (unpaired) electrons. The van der Waals surface area contributed by atoms with Gasteiger partial charge in [0, 0.05) is 11.3 Å². The van der Waals surface area contributed by atoms with Crippen molar-refractivity contribution in [3.63, 3.8) is 0 Å². The molecule has 2 N–H and O–H groups in total. The van der Waals surface area contributed by atoms with Crippen molar-refractivity contribution in [1.82, 2.24) is 0 Å². The Bertz CT molecular complexity index is 552. The Balaban J connectivity index is 2.53. The van der Waals surface area contributed by atoms with Crippen molar-refractivity contribution in [3.8, 4) is 16.9 Å². The zero-order valence-corrected chi connectivity index (χ0v) is 10.6. The highest BCUT2D eigenvalue weighted by atomic mass is 35.5. The summed E-state index contributed by atoms with van der Waals surface area (Å²) < 4.78 is 5.20. The maximum absolute atomic E-state index is 6.01. The highest BCUT2D eigenvalue weighted by molar-refractivity contribution is 6.32. The number of methoxy groups -OCH3 is 1. The van der Waals surface area contributed by atoms with Crippen molar-refractivity contribution in [2.45, 2.75) is 6.92 Å². The molecule has 2 rings (SSSR count). The zero-order valence-electron chi connectivity index (χ0n) is 9.83. The van der Waals surface area contributed by atoms with Gasteiger partial charge in [0.2, 0.25) is 0 Å². The smallest absolute Gasteiger partial charge is 0.138 e. The lowest BCUT2D eigenvalue weighted by atomic mass is 10.0. The maximum Gasteiger partial charge on any atom is 0.138 e. The number of anilines is 1. The zero-order chi connectivity index (χ0) is 12.4. The lowest BCUT2D eigenvalue weighted by molar-refractivity contribution is 0.415. The van der Waals surface area contributed by atoms with Crippen molar-refractivity contribution in [1.29, 1.82) is 0 Å². The van der Waals surface area contributed by atoms with Gasteiger partial charge in [-0.1, -0.05) is 29.8 Å². The van der Waals surface area contributed by atoms with E-state index in [1.807, 2.05) is 43.3 Å². The first-order valence-electron chi connectivity index (χ1n) is 5.32. The largest absolute Gasteiger partial charge is 0.495 e. The molecule has 0 saturated heterocycles. The highest BCUT2D eigenvalue weighted by Gasteiger charge is 2.06. The molecule has 0 aliphatic heterocycles. The van der Waals surface area contributed by atoms with Crippen molar-refractivity contribution in [3.05, 3.63) is 47.0 Å². The molecule has 0 unspecified atom stereocenters. The summed E-state index contributed by atoms with van der Waals surface area (Å²) in [6, 6.07) is 11.6. The quantitative estimate of drug-likeness (QED) is 0.817. The number of ether oxygens (including phenoxy) is 1. The van der Waals surface area contributed by atoms with Gasteiger partial charge in [0.05, 0.1) is 12.1 Å². The molecule has 2 aromatic carbocycles. The molecule has 0 bridgehead atoms. The van der Waals surface area contributed by atoms with Gasteiger partial charge in [-0.25, -0.2) is 0 Å². The van der Waals surface area contributed by atoms with Crippen LogP contribution in [-0.2, 0) is 0 Å². The average Bonchev–Trinajstić information content (AvgIpc) is 2.30. The van der Waals surface area contributed by atoms with Crippen LogP contribution in [0.15, 0.2) is 36.4 Å². The van der Waals surface area contributed by atoms with Crippen LogP contribution >= 0.6 is 11.6 Å². The Hall–Kier alpha value is -1.67. The summed E-state index contributed by atoms with van der Waals surface area (Å²) in [4.78, 5) is 0. The number of hydrogen-bond donors (Lipinski definition) is 1. The van der Waals surface area contributed by atoms with Crippen LogP contribution in [0.5, 0.6) is 5.75 Å². The number of benzene rings is 2. The highest BCUT2D eigenvalue weighted by Crippen LogP contribution is 2.33. The number of nitrogen functional groups attached to an aromatic ring is 1. The molecule has 88 valence electrons. The molecular weight excluding hydrogens is 234 g/mol. The summed E-state index contributed by atoms with van der Waals surface area (Å²) in [5.74, 6) is 0.657. The molecule has 0 fully saturated rings. The third-order valence-corrected chi connectivity index (χ3v) is 2.98. The molecule has 2 nitrogen and oxygen atoms in total. The predicted molar refractivity (Wildman–Crippen MR) is 72.6 cm³/mol. The van der Waals surface area contributed by atoms with Gasteiger partial charge in [-0.15, -0.1) is 0 Å². The van der Waals surface area contributed by atoms with Gasteiger partial charge in [-0.05, 0) is 36.2 Å². The van der Waals surface area contributed by atoms with Crippen molar-refractivity contribution in [2.24, 2.45) is 0 Å². The van der Waals surface area contributed by atoms with E-state index in [4.69, 9.17) is 22.1 Å². The number of aryl methyl sites for hydroxylation is 1. The first kappa shape index (κ1) is 11.8. The molecule has 0 spiro atoms. The van der Waals surface area contributed by atoms with E-state index in [2.05, 4.69) is 0 Å². The van der Waals surface area contributed by atoms with Gasteiger partial charge in [0.25, 0.3) is 0 Å². The maximum atomic E-state index is 6.01. The van der Waals surface area contributed by atoms with Crippen molar-refractivity contribution < 1.29 is 4.74 Å². The Kier molecular flexibility index (Phi) is 3.25. The van der Waals surface area contributed by atoms with E-state index in [9.17, 15) is 0 Å². The van der Waals surface area contributed by atoms with Crippen molar-refractivity contribution in [2.75, 3.05) is 12.8 Å². The average molecular weight is 248 g/mol. The second-order valence-corrected chi connectivity index (χ2v) is 4.35. The molecule has 17 heavy (non-hydrogen) atoms.